The Morgan fingerprint density at radius 2 is 1.78 bits per heavy atom. The number of hydrogen-bond donors (Lipinski definition) is 3. The maximum absolute atomic E-state index is 13.9. The second-order valence-corrected chi connectivity index (χ2v) is 10.9. The molecular formula is C28H36ClN3O5. The van der Waals surface area contributed by atoms with Gasteiger partial charge in [-0.1, -0.05) is 47.5 Å². The van der Waals surface area contributed by atoms with Crippen molar-refractivity contribution in [1.82, 2.24) is 10.2 Å². The molecule has 1 aliphatic rings. The Morgan fingerprint density at radius 1 is 1.11 bits per heavy atom. The molecule has 37 heavy (non-hydrogen) atoms. The van der Waals surface area contributed by atoms with E-state index in [0.717, 1.165) is 16.7 Å². The lowest BCUT2D eigenvalue weighted by molar-refractivity contribution is -0.142. The van der Waals surface area contributed by atoms with E-state index in [1.54, 1.807) is 32.9 Å². The Morgan fingerprint density at radius 3 is 2.32 bits per heavy atom. The fraction of sp³-hybridized carbons (Fsp3) is 0.464. The van der Waals surface area contributed by atoms with Crippen LogP contribution in [0.1, 0.15) is 61.9 Å². The van der Waals surface area contributed by atoms with E-state index < -0.39 is 42.2 Å². The molecule has 0 saturated heterocycles. The van der Waals surface area contributed by atoms with Gasteiger partial charge in [-0.25, -0.2) is 4.79 Å². The molecule has 0 heterocycles. The van der Waals surface area contributed by atoms with Gasteiger partial charge in [0.2, 0.25) is 5.91 Å². The summed E-state index contributed by atoms with van der Waals surface area (Å²) < 4.78 is 5.28. The number of carbonyl (C=O) groups is 3. The van der Waals surface area contributed by atoms with Gasteiger partial charge in [-0.2, -0.15) is 0 Å². The van der Waals surface area contributed by atoms with Crippen molar-refractivity contribution in [2.45, 2.75) is 78.1 Å². The zero-order chi connectivity index (χ0) is 27.5. The van der Waals surface area contributed by atoms with Crippen molar-refractivity contribution in [3.05, 3.63) is 63.7 Å². The van der Waals surface area contributed by atoms with Crippen LogP contribution in [0.5, 0.6) is 0 Å². The SMILES string of the molecule is Cc1ccc(C(C(=O)Nc2c(C)cccc2Cl)N(C(=O)C(CO)NC(=O)OC(C)(C)C)C2CC2)c(C)c1. The molecule has 2 atom stereocenters. The number of halogens is 1. The van der Waals surface area contributed by atoms with Crippen LogP contribution in [0.4, 0.5) is 10.5 Å². The number of aliphatic hydroxyl groups excluding tert-OH is 1. The molecule has 3 N–H and O–H groups in total. The van der Waals surface area contributed by atoms with Gasteiger partial charge in [-0.3, -0.25) is 9.59 Å². The molecule has 0 aliphatic heterocycles. The summed E-state index contributed by atoms with van der Waals surface area (Å²) in [5.74, 6) is -0.996. The first-order valence-corrected chi connectivity index (χ1v) is 12.8. The number of nitrogens with one attached hydrogen (secondary N) is 2. The molecular weight excluding hydrogens is 494 g/mol. The summed E-state index contributed by atoms with van der Waals surface area (Å²) in [4.78, 5) is 41.6. The Hall–Kier alpha value is -3.10. The molecule has 2 aromatic rings. The van der Waals surface area contributed by atoms with Gasteiger partial charge >= 0.3 is 6.09 Å². The Labute approximate surface area is 223 Å². The molecule has 0 spiro atoms. The van der Waals surface area contributed by atoms with Gasteiger partial charge in [0, 0.05) is 6.04 Å². The molecule has 0 bridgehead atoms. The van der Waals surface area contributed by atoms with Crippen molar-refractivity contribution in [2.24, 2.45) is 0 Å². The first kappa shape index (κ1) is 28.5. The van der Waals surface area contributed by atoms with E-state index in [2.05, 4.69) is 10.6 Å². The second-order valence-electron chi connectivity index (χ2n) is 10.5. The van der Waals surface area contributed by atoms with E-state index in [1.807, 2.05) is 45.0 Å². The molecule has 1 aliphatic carbocycles. The average molecular weight is 530 g/mol. The number of alkyl carbamates (subject to hydrolysis) is 1. The topological polar surface area (TPSA) is 108 Å². The van der Waals surface area contributed by atoms with Crippen molar-refractivity contribution >= 4 is 35.2 Å². The van der Waals surface area contributed by atoms with E-state index in [9.17, 15) is 19.5 Å². The largest absolute Gasteiger partial charge is 0.444 e. The monoisotopic (exact) mass is 529 g/mol. The van der Waals surface area contributed by atoms with E-state index in [0.29, 0.717) is 29.1 Å². The highest BCUT2D eigenvalue weighted by Crippen LogP contribution is 2.38. The third-order valence-corrected chi connectivity index (χ3v) is 6.40. The average Bonchev–Trinajstić information content (AvgIpc) is 3.62. The fourth-order valence-electron chi connectivity index (χ4n) is 4.22. The third-order valence-electron chi connectivity index (χ3n) is 6.08. The first-order valence-electron chi connectivity index (χ1n) is 12.4. The van der Waals surface area contributed by atoms with Gasteiger partial charge in [0.1, 0.15) is 17.7 Å². The first-order chi connectivity index (χ1) is 17.3. The van der Waals surface area contributed by atoms with Crippen LogP contribution in [0, 0.1) is 20.8 Å². The van der Waals surface area contributed by atoms with Crippen LogP contribution in [0.2, 0.25) is 5.02 Å². The van der Waals surface area contributed by atoms with Gasteiger partial charge in [0.15, 0.2) is 0 Å². The number of aryl methyl sites for hydroxylation is 3. The molecule has 1 fully saturated rings. The van der Waals surface area contributed by atoms with Gasteiger partial charge < -0.3 is 25.4 Å². The molecule has 2 aromatic carbocycles. The molecule has 200 valence electrons. The maximum Gasteiger partial charge on any atom is 0.408 e. The second kappa shape index (κ2) is 11.5. The minimum absolute atomic E-state index is 0.217. The van der Waals surface area contributed by atoms with Gasteiger partial charge in [-0.05, 0) is 77.1 Å². The quantitative estimate of drug-likeness (QED) is 0.454. The van der Waals surface area contributed by atoms with Gasteiger partial charge in [-0.15, -0.1) is 0 Å². The molecule has 1 saturated carbocycles. The normalized spacial score (nSPS) is 14.9. The predicted octanol–water partition coefficient (Wildman–Crippen LogP) is 4.82. The van der Waals surface area contributed by atoms with Crippen LogP contribution in [-0.2, 0) is 14.3 Å². The molecule has 2 unspecified atom stereocenters. The van der Waals surface area contributed by atoms with E-state index >= 15 is 0 Å². The van der Waals surface area contributed by atoms with Crippen LogP contribution in [0.3, 0.4) is 0 Å². The lowest BCUT2D eigenvalue weighted by atomic mass is 9.96. The number of rotatable bonds is 8. The van der Waals surface area contributed by atoms with Crippen molar-refractivity contribution in [3.8, 4) is 0 Å². The highest BCUT2D eigenvalue weighted by molar-refractivity contribution is 6.34. The fourth-order valence-corrected chi connectivity index (χ4v) is 4.49. The summed E-state index contributed by atoms with van der Waals surface area (Å²) in [6, 6.07) is 8.50. The van der Waals surface area contributed by atoms with E-state index in [1.165, 1.54) is 4.90 Å². The number of carbonyl (C=O) groups excluding carboxylic acids is 3. The zero-order valence-electron chi connectivity index (χ0n) is 22.2. The van der Waals surface area contributed by atoms with E-state index in [4.69, 9.17) is 16.3 Å². The number of nitrogens with zero attached hydrogens (tertiary/aromatic N) is 1. The molecule has 0 aromatic heterocycles. The third kappa shape index (κ3) is 7.23. The standard InChI is InChI=1S/C28H36ClN3O5/c1-16-10-13-20(18(3)14-16)24(25(34)31-23-17(2)8-7-9-21(23)29)32(19-11-12-19)26(35)22(15-33)30-27(36)37-28(4,5)6/h7-10,13-14,19,22,24,33H,11-12,15H2,1-6H3,(H,30,36)(H,31,34). The number of aliphatic hydroxyl groups is 1. The van der Waals surface area contributed by atoms with Crippen molar-refractivity contribution in [3.63, 3.8) is 0 Å². The number of ether oxygens (including phenoxy) is 1. The minimum Gasteiger partial charge on any atom is -0.444 e. The number of hydrogen-bond acceptors (Lipinski definition) is 5. The number of benzene rings is 2. The molecule has 0 radical (unpaired) electrons. The lowest BCUT2D eigenvalue weighted by Gasteiger charge is -2.35. The highest BCUT2D eigenvalue weighted by Gasteiger charge is 2.44. The molecule has 3 amide bonds. The van der Waals surface area contributed by atoms with Gasteiger partial charge in [0.05, 0.1) is 17.3 Å². The summed E-state index contributed by atoms with van der Waals surface area (Å²) in [6.45, 7) is 10.1. The van der Waals surface area contributed by atoms with Crippen LogP contribution in [0.25, 0.3) is 0 Å². The molecule has 9 heteroatoms. The predicted molar refractivity (Wildman–Crippen MR) is 144 cm³/mol. The highest BCUT2D eigenvalue weighted by atomic mass is 35.5. The number of para-hydroxylation sites is 1. The van der Waals surface area contributed by atoms with Crippen LogP contribution in [0.15, 0.2) is 36.4 Å². The summed E-state index contributed by atoms with van der Waals surface area (Å²) in [5, 5.41) is 15.8. The van der Waals surface area contributed by atoms with Crippen molar-refractivity contribution in [2.75, 3.05) is 11.9 Å². The number of anilines is 1. The zero-order valence-corrected chi connectivity index (χ0v) is 23.0. The smallest absolute Gasteiger partial charge is 0.408 e. The van der Waals surface area contributed by atoms with E-state index in [-0.39, 0.29) is 6.04 Å². The maximum atomic E-state index is 13.9. The minimum atomic E-state index is -1.28. The van der Waals surface area contributed by atoms with Gasteiger partial charge in [0.25, 0.3) is 5.91 Å². The number of amides is 3. The van der Waals surface area contributed by atoms with Crippen LogP contribution >= 0.6 is 11.6 Å². The Bertz CT molecular complexity index is 1150. The van der Waals surface area contributed by atoms with Crippen molar-refractivity contribution < 1.29 is 24.2 Å². The summed E-state index contributed by atoms with van der Waals surface area (Å²) >= 11 is 6.39. The summed E-state index contributed by atoms with van der Waals surface area (Å²) in [6.07, 6.45) is 0.585. The lowest BCUT2D eigenvalue weighted by Crippen LogP contribution is -2.54. The van der Waals surface area contributed by atoms with Crippen molar-refractivity contribution in [1.29, 1.82) is 0 Å². The van der Waals surface area contributed by atoms with Crippen LogP contribution in [-0.4, -0.2) is 52.2 Å². The summed E-state index contributed by atoms with van der Waals surface area (Å²) in [7, 11) is 0. The summed E-state index contributed by atoms with van der Waals surface area (Å²) in [5.41, 5.74) is 2.99. The Balaban J connectivity index is 2.02. The Kier molecular flexibility index (Phi) is 8.87. The molecule has 3 rings (SSSR count). The van der Waals surface area contributed by atoms with Crippen LogP contribution < -0.4 is 10.6 Å². The molecule has 8 nitrogen and oxygen atoms in total.